The molecule has 3 aromatic rings. The summed E-state index contributed by atoms with van der Waals surface area (Å²) in [5, 5.41) is 3.52. The zero-order valence-corrected chi connectivity index (χ0v) is 24.0. The molecule has 5 nitrogen and oxygen atoms in total. The van der Waals surface area contributed by atoms with Crippen LogP contribution in [0.1, 0.15) is 61.9 Å². The first-order valence-corrected chi connectivity index (χ1v) is 14.2. The summed E-state index contributed by atoms with van der Waals surface area (Å²) in [6, 6.07) is 15.6. The summed E-state index contributed by atoms with van der Waals surface area (Å²) in [5.41, 5.74) is 3.73. The first-order chi connectivity index (χ1) is 19.1. The summed E-state index contributed by atoms with van der Waals surface area (Å²) in [5.74, 6) is 1.08. The number of esters is 1. The Morgan fingerprint density at radius 2 is 1.73 bits per heavy atom. The number of carbonyl (C=O) groups is 1. The molecule has 0 saturated heterocycles. The number of fused-ring (bicyclic) bond motifs is 1. The third-order valence-electron chi connectivity index (χ3n) is 10.7. The first kappa shape index (κ1) is 25.7. The molecule has 4 aliphatic rings. The van der Waals surface area contributed by atoms with Crippen LogP contribution in [0.4, 0.5) is 15.8 Å². The second-order valence-corrected chi connectivity index (χ2v) is 13.4. The molecule has 1 N–H and O–H groups in total. The number of methoxy groups -OCH3 is 2. The molecule has 0 radical (unpaired) electrons. The SMILES string of the molecule is COC(=O)c1cc(OC)ccc1Nc1ccc(Oc2ccc(C34CC5(C)CC6CC(C)(C3)C64C5)cc2Cl)cc1F. The van der Waals surface area contributed by atoms with Crippen LogP contribution < -0.4 is 14.8 Å². The van der Waals surface area contributed by atoms with Crippen molar-refractivity contribution in [3.63, 3.8) is 0 Å². The molecule has 0 aromatic heterocycles. The van der Waals surface area contributed by atoms with E-state index in [-0.39, 0.29) is 16.7 Å². The van der Waals surface area contributed by atoms with Gasteiger partial charge >= 0.3 is 5.97 Å². The minimum absolute atomic E-state index is 0.190. The van der Waals surface area contributed by atoms with Crippen LogP contribution >= 0.6 is 11.6 Å². The van der Waals surface area contributed by atoms with Crippen LogP contribution in [0, 0.1) is 28.0 Å². The third kappa shape index (κ3) is 3.29. The monoisotopic (exact) mass is 561 g/mol. The van der Waals surface area contributed by atoms with Gasteiger partial charge in [-0.1, -0.05) is 31.5 Å². The van der Waals surface area contributed by atoms with Crippen molar-refractivity contribution in [2.24, 2.45) is 22.2 Å². The highest BCUT2D eigenvalue weighted by Crippen LogP contribution is 2.93. The van der Waals surface area contributed by atoms with Gasteiger partial charge in [0.1, 0.15) is 23.1 Å². The van der Waals surface area contributed by atoms with E-state index in [4.69, 9.17) is 25.8 Å². The Labute approximate surface area is 239 Å². The van der Waals surface area contributed by atoms with Gasteiger partial charge in [-0.15, -0.1) is 0 Å². The highest BCUT2D eigenvalue weighted by molar-refractivity contribution is 6.32. The van der Waals surface area contributed by atoms with Gasteiger partial charge in [0.25, 0.3) is 0 Å². The molecule has 0 amide bonds. The maximum absolute atomic E-state index is 15.2. The molecule has 5 unspecified atom stereocenters. The lowest BCUT2D eigenvalue weighted by Crippen LogP contribution is -2.74. The Balaban J connectivity index is 1.11. The van der Waals surface area contributed by atoms with E-state index < -0.39 is 11.8 Å². The van der Waals surface area contributed by atoms with Gasteiger partial charge in [-0.25, -0.2) is 9.18 Å². The molecule has 4 aliphatic carbocycles. The van der Waals surface area contributed by atoms with Crippen LogP contribution in [0.3, 0.4) is 0 Å². The van der Waals surface area contributed by atoms with Gasteiger partial charge in [0.15, 0.2) is 0 Å². The fourth-order valence-electron chi connectivity index (χ4n) is 9.69. The fraction of sp³-hybridized carbons (Fsp3) is 0.424. The van der Waals surface area contributed by atoms with E-state index in [9.17, 15) is 4.79 Å². The lowest BCUT2D eigenvalue weighted by molar-refractivity contribution is -0.270. The van der Waals surface area contributed by atoms with Crippen molar-refractivity contribution < 1.29 is 23.4 Å². The van der Waals surface area contributed by atoms with Crippen molar-refractivity contribution in [3.8, 4) is 17.2 Å². The second kappa shape index (κ2) is 8.39. The number of rotatable bonds is 7. The van der Waals surface area contributed by atoms with E-state index in [2.05, 4.69) is 31.3 Å². The van der Waals surface area contributed by atoms with Crippen LogP contribution in [0.25, 0.3) is 0 Å². The van der Waals surface area contributed by atoms with E-state index in [0.717, 1.165) is 5.92 Å². The first-order valence-electron chi connectivity index (χ1n) is 13.9. The number of benzene rings is 3. The van der Waals surface area contributed by atoms with Crippen LogP contribution in [0.15, 0.2) is 54.6 Å². The molecule has 7 rings (SSSR count). The predicted molar refractivity (Wildman–Crippen MR) is 152 cm³/mol. The maximum Gasteiger partial charge on any atom is 0.340 e. The number of nitrogens with one attached hydrogen (secondary N) is 1. The summed E-state index contributed by atoms with van der Waals surface area (Å²) in [6.45, 7) is 4.98. The molecule has 2 bridgehead atoms. The molecule has 208 valence electrons. The molecule has 4 fully saturated rings. The number of halogens is 2. The van der Waals surface area contributed by atoms with Crippen LogP contribution in [-0.4, -0.2) is 20.2 Å². The van der Waals surface area contributed by atoms with Gasteiger partial charge in [0, 0.05) is 11.5 Å². The Kier molecular flexibility index (Phi) is 5.39. The predicted octanol–water partition coefficient (Wildman–Crippen LogP) is 8.67. The minimum atomic E-state index is -0.558. The summed E-state index contributed by atoms with van der Waals surface area (Å²) in [6.07, 6.45) is 6.58. The highest BCUT2D eigenvalue weighted by atomic mass is 35.5. The molecule has 7 heteroatoms. The quantitative estimate of drug-likeness (QED) is 0.292. The van der Waals surface area contributed by atoms with Crippen molar-refractivity contribution in [2.75, 3.05) is 19.5 Å². The zero-order chi connectivity index (χ0) is 28.1. The van der Waals surface area contributed by atoms with Crippen molar-refractivity contribution in [1.82, 2.24) is 0 Å². The molecule has 4 saturated carbocycles. The molecule has 5 atom stereocenters. The summed E-state index contributed by atoms with van der Waals surface area (Å²) >= 11 is 6.79. The van der Waals surface area contributed by atoms with E-state index in [1.165, 1.54) is 58.0 Å². The number of anilines is 2. The Morgan fingerprint density at radius 1 is 0.950 bits per heavy atom. The highest BCUT2D eigenvalue weighted by Gasteiger charge is 2.87. The Hall–Kier alpha value is -3.25. The van der Waals surface area contributed by atoms with Gasteiger partial charge in [-0.05, 0) is 102 Å². The van der Waals surface area contributed by atoms with Crippen LogP contribution in [0.5, 0.6) is 17.2 Å². The lowest BCUT2D eigenvalue weighted by Gasteiger charge is -2.79. The van der Waals surface area contributed by atoms with E-state index in [1.54, 1.807) is 30.3 Å². The van der Waals surface area contributed by atoms with Gasteiger partial charge in [-0.3, -0.25) is 0 Å². The standard InChI is InChI=1S/C33H33ClFNO4/c1-30-14-20-15-31(2)18-32(16-30,33(20,31)17-30)19-5-10-28(24(34)11-19)40-22-7-9-27(25(35)13-22)36-26-8-6-21(38-3)12-23(26)29(37)39-4/h5-13,20,36H,14-18H2,1-4H3. The lowest BCUT2D eigenvalue weighted by atomic mass is 9.24. The smallest absolute Gasteiger partial charge is 0.340 e. The molecular weight excluding hydrogens is 529 g/mol. The van der Waals surface area contributed by atoms with Crippen molar-refractivity contribution in [1.29, 1.82) is 0 Å². The van der Waals surface area contributed by atoms with E-state index in [1.807, 2.05) is 6.07 Å². The number of hydrogen-bond donors (Lipinski definition) is 1. The zero-order valence-electron chi connectivity index (χ0n) is 23.2. The van der Waals surface area contributed by atoms with Gasteiger partial charge in [-0.2, -0.15) is 0 Å². The molecule has 40 heavy (non-hydrogen) atoms. The maximum atomic E-state index is 15.2. The summed E-state index contributed by atoms with van der Waals surface area (Å²) in [4.78, 5) is 12.3. The minimum Gasteiger partial charge on any atom is -0.497 e. The summed E-state index contributed by atoms with van der Waals surface area (Å²) in [7, 11) is 2.80. The van der Waals surface area contributed by atoms with Crippen molar-refractivity contribution in [2.45, 2.75) is 51.4 Å². The van der Waals surface area contributed by atoms with Crippen LogP contribution in [0.2, 0.25) is 5.02 Å². The van der Waals surface area contributed by atoms with E-state index in [0.29, 0.717) is 44.2 Å². The summed E-state index contributed by atoms with van der Waals surface area (Å²) < 4.78 is 31.3. The Morgan fingerprint density at radius 3 is 2.40 bits per heavy atom. The molecule has 0 aliphatic heterocycles. The molecule has 3 aromatic carbocycles. The number of ether oxygens (including phenoxy) is 3. The second-order valence-electron chi connectivity index (χ2n) is 13.0. The normalized spacial score (nSPS) is 32.5. The molecule has 0 heterocycles. The van der Waals surface area contributed by atoms with Gasteiger partial charge in [0.2, 0.25) is 0 Å². The van der Waals surface area contributed by atoms with Gasteiger partial charge < -0.3 is 19.5 Å². The topological polar surface area (TPSA) is 56.8 Å². The Bertz CT molecular complexity index is 1580. The van der Waals surface area contributed by atoms with Gasteiger partial charge in [0.05, 0.1) is 36.2 Å². The van der Waals surface area contributed by atoms with Crippen molar-refractivity contribution in [3.05, 3.63) is 76.6 Å². The van der Waals surface area contributed by atoms with Crippen molar-refractivity contribution >= 4 is 28.9 Å². The molecular formula is C33H33ClFNO4. The number of carbonyl (C=O) groups excluding carboxylic acids is 1. The third-order valence-corrected chi connectivity index (χ3v) is 11.0. The molecule has 1 spiro atoms. The van der Waals surface area contributed by atoms with Crippen LogP contribution in [-0.2, 0) is 10.2 Å². The largest absolute Gasteiger partial charge is 0.497 e. The fourth-order valence-corrected chi connectivity index (χ4v) is 9.91. The average Bonchev–Trinajstić information content (AvgIpc) is 3.36. The number of hydrogen-bond acceptors (Lipinski definition) is 5. The van der Waals surface area contributed by atoms with E-state index >= 15 is 4.39 Å². The average molecular weight is 562 g/mol.